The summed E-state index contributed by atoms with van der Waals surface area (Å²) in [5.74, 6) is 0.228. The third kappa shape index (κ3) is 4.18. The van der Waals surface area contributed by atoms with Crippen LogP contribution in [-0.2, 0) is 5.75 Å². The molecule has 6 heteroatoms. The van der Waals surface area contributed by atoms with Crippen molar-refractivity contribution in [2.75, 3.05) is 0 Å². The molecule has 1 aromatic heterocycles. The molecule has 4 aromatic rings. The van der Waals surface area contributed by atoms with Gasteiger partial charge in [0, 0.05) is 15.8 Å². The first-order valence-electron chi connectivity index (χ1n) is 9.03. The number of hydrogen-bond acceptors (Lipinski definition) is 4. The van der Waals surface area contributed by atoms with Crippen molar-refractivity contribution in [1.29, 1.82) is 0 Å². The Balaban J connectivity index is 1.79. The molecule has 0 saturated heterocycles. The van der Waals surface area contributed by atoms with Crippen LogP contribution in [0.2, 0.25) is 0 Å². The molecule has 0 radical (unpaired) electrons. The lowest BCUT2D eigenvalue weighted by Gasteiger charge is -2.12. The third-order valence-corrected chi connectivity index (χ3v) is 6.07. The molecular weight excluding hydrogens is 448 g/mol. The van der Waals surface area contributed by atoms with E-state index in [0.29, 0.717) is 27.4 Å². The van der Waals surface area contributed by atoms with Crippen molar-refractivity contribution in [2.24, 2.45) is 0 Å². The van der Waals surface area contributed by atoms with E-state index in [0.717, 1.165) is 15.6 Å². The highest BCUT2D eigenvalue weighted by Gasteiger charge is 2.19. The first-order valence-corrected chi connectivity index (χ1v) is 10.8. The number of carbonyl (C=O) groups is 1. The van der Waals surface area contributed by atoms with Gasteiger partial charge in [0.1, 0.15) is 0 Å². The number of aromatic nitrogens is 2. The topological polar surface area (TPSA) is 52.0 Å². The van der Waals surface area contributed by atoms with Gasteiger partial charge in [0.15, 0.2) is 5.16 Å². The fourth-order valence-corrected chi connectivity index (χ4v) is 4.15. The van der Waals surface area contributed by atoms with Crippen LogP contribution in [0.25, 0.3) is 10.9 Å². The lowest BCUT2D eigenvalue weighted by molar-refractivity contribution is 0.0944. The Morgan fingerprint density at radius 3 is 2.41 bits per heavy atom. The van der Waals surface area contributed by atoms with Crippen molar-refractivity contribution < 1.29 is 4.79 Å². The largest absolute Gasteiger partial charge is 0.269 e. The van der Waals surface area contributed by atoms with Gasteiger partial charge < -0.3 is 0 Å². The number of halogens is 1. The summed E-state index contributed by atoms with van der Waals surface area (Å²) in [6.45, 7) is 1.96. The number of fused-ring (bicyclic) bond motifs is 1. The molecule has 144 valence electrons. The van der Waals surface area contributed by atoms with Gasteiger partial charge in [-0.1, -0.05) is 69.7 Å². The smallest absolute Gasteiger partial charge is 0.268 e. The second-order valence-electron chi connectivity index (χ2n) is 6.64. The molecule has 0 fully saturated rings. The van der Waals surface area contributed by atoms with Crippen LogP contribution in [0.15, 0.2) is 87.2 Å². The highest BCUT2D eigenvalue weighted by atomic mass is 79.9. The molecule has 4 nitrogen and oxygen atoms in total. The lowest BCUT2D eigenvalue weighted by Crippen LogP contribution is -2.30. The molecule has 0 amide bonds. The molecule has 0 spiro atoms. The average Bonchev–Trinajstić information content (AvgIpc) is 2.73. The van der Waals surface area contributed by atoms with Gasteiger partial charge in [-0.15, -0.1) is 0 Å². The number of para-hydroxylation sites is 1. The molecule has 0 aliphatic carbocycles. The summed E-state index contributed by atoms with van der Waals surface area (Å²) in [5, 5.41) is 0.822. The van der Waals surface area contributed by atoms with E-state index < -0.39 is 0 Å². The van der Waals surface area contributed by atoms with Crippen molar-refractivity contribution in [3.05, 3.63) is 104 Å². The molecule has 0 atom stereocenters. The summed E-state index contributed by atoms with van der Waals surface area (Å²) in [7, 11) is 0. The quantitative estimate of drug-likeness (QED) is 0.297. The summed E-state index contributed by atoms with van der Waals surface area (Å²) < 4.78 is 2.19. The van der Waals surface area contributed by atoms with Gasteiger partial charge >= 0.3 is 0 Å². The monoisotopic (exact) mass is 464 g/mol. The molecule has 4 rings (SSSR count). The molecular formula is C23H17BrN2O2S. The van der Waals surface area contributed by atoms with Crippen LogP contribution in [0.1, 0.15) is 21.5 Å². The summed E-state index contributed by atoms with van der Waals surface area (Å²) in [6, 6.07) is 22.2. The Bertz CT molecular complexity index is 1250. The minimum absolute atomic E-state index is 0.348. The third-order valence-electron chi connectivity index (χ3n) is 4.53. The highest BCUT2D eigenvalue weighted by Crippen LogP contribution is 2.24. The first-order chi connectivity index (χ1) is 14.0. The number of carbonyl (C=O) groups excluding carboxylic acids is 1. The van der Waals surface area contributed by atoms with E-state index in [-0.39, 0.29) is 11.5 Å². The first kappa shape index (κ1) is 19.6. The van der Waals surface area contributed by atoms with E-state index in [1.165, 1.54) is 16.3 Å². The number of nitrogens with zero attached hydrogens (tertiary/aromatic N) is 2. The van der Waals surface area contributed by atoms with Crippen molar-refractivity contribution in [3.8, 4) is 0 Å². The fraction of sp³-hybridized carbons (Fsp3) is 0.0870. The molecule has 0 aliphatic rings. The maximum absolute atomic E-state index is 13.2. The predicted octanol–water partition coefficient (Wildman–Crippen LogP) is 5.45. The van der Waals surface area contributed by atoms with Crippen LogP contribution in [0, 0.1) is 6.92 Å². The molecule has 0 aliphatic heterocycles. The van der Waals surface area contributed by atoms with Crippen LogP contribution in [0.3, 0.4) is 0 Å². The fourth-order valence-electron chi connectivity index (χ4n) is 2.94. The van der Waals surface area contributed by atoms with Crippen molar-refractivity contribution in [2.45, 2.75) is 17.8 Å². The predicted molar refractivity (Wildman–Crippen MR) is 121 cm³/mol. The molecule has 3 aromatic carbocycles. The van der Waals surface area contributed by atoms with Crippen LogP contribution >= 0.6 is 27.7 Å². The molecule has 0 bridgehead atoms. The van der Waals surface area contributed by atoms with Gasteiger partial charge in [0.25, 0.3) is 11.5 Å². The van der Waals surface area contributed by atoms with Crippen LogP contribution < -0.4 is 5.56 Å². The SMILES string of the molecule is Cc1ccc(C(=O)n2c(SCc3ccc(Br)cc3)nc3ccccc3c2=O)cc1. The second-order valence-corrected chi connectivity index (χ2v) is 8.50. The zero-order valence-electron chi connectivity index (χ0n) is 15.6. The summed E-state index contributed by atoms with van der Waals surface area (Å²) >= 11 is 4.81. The highest BCUT2D eigenvalue weighted by molar-refractivity contribution is 9.10. The molecule has 29 heavy (non-hydrogen) atoms. The summed E-state index contributed by atoms with van der Waals surface area (Å²) in [4.78, 5) is 31.0. The Hall–Kier alpha value is -2.70. The van der Waals surface area contributed by atoms with Gasteiger partial charge in [-0.2, -0.15) is 0 Å². The summed E-state index contributed by atoms with van der Waals surface area (Å²) in [5.41, 5.74) is 2.83. The number of benzene rings is 3. The van der Waals surface area contributed by atoms with Crippen LogP contribution in [-0.4, -0.2) is 15.5 Å². The van der Waals surface area contributed by atoms with E-state index in [1.54, 1.807) is 30.3 Å². The van der Waals surface area contributed by atoms with Gasteiger partial charge in [-0.3, -0.25) is 9.59 Å². The maximum Gasteiger partial charge on any atom is 0.269 e. The maximum atomic E-state index is 13.2. The number of hydrogen-bond donors (Lipinski definition) is 0. The van der Waals surface area contributed by atoms with E-state index in [2.05, 4.69) is 20.9 Å². The van der Waals surface area contributed by atoms with Crippen molar-refractivity contribution >= 4 is 44.5 Å². The Morgan fingerprint density at radius 1 is 1.00 bits per heavy atom. The second kappa shape index (κ2) is 8.35. The number of rotatable bonds is 4. The van der Waals surface area contributed by atoms with E-state index in [9.17, 15) is 9.59 Å². The lowest BCUT2D eigenvalue weighted by atomic mass is 10.1. The van der Waals surface area contributed by atoms with E-state index >= 15 is 0 Å². The Labute approximate surface area is 180 Å². The molecule has 1 heterocycles. The molecule has 0 N–H and O–H groups in total. The van der Waals surface area contributed by atoms with Gasteiger partial charge in [0.2, 0.25) is 0 Å². The van der Waals surface area contributed by atoms with Crippen molar-refractivity contribution in [3.63, 3.8) is 0 Å². The zero-order chi connectivity index (χ0) is 20.4. The van der Waals surface area contributed by atoms with Gasteiger partial charge in [-0.25, -0.2) is 9.55 Å². The number of thioether (sulfide) groups is 1. The Kier molecular flexibility index (Phi) is 5.65. The number of aryl methyl sites for hydroxylation is 1. The minimum atomic E-state index is -0.369. The molecule has 0 saturated carbocycles. The summed E-state index contributed by atoms with van der Waals surface area (Å²) in [6.07, 6.45) is 0. The minimum Gasteiger partial charge on any atom is -0.268 e. The van der Waals surface area contributed by atoms with Crippen LogP contribution in [0.5, 0.6) is 0 Å². The standard InChI is InChI=1S/C23H17BrN2O2S/c1-15-6-10-17(11-7-15)21(27)26-22(28)19-4-2-3-5-20(19)25-23(26)29-14-16-8-12-18(24)13-9-16/h2-13H,14H2,1H3. The van der Waals surface area contributed by atoms with Gasteiger partial charge in [-0.05, 0) is 48.9 Å². The zero-order valence-corrected chi connectivity index (χ0v) is 18.0. The average molecular weight is 465 g/mol. The van der Waals surface area contributed by atoms with E-state index in [1.807, 2.05) is 49.4 Å². The van der Waals surface area contributed by atoms with E-state index in [4.69, 9.17) is 0 Å². The van der Waals surface area contributed by atoms with Gasteiger partial charge in [0.05, 0.1) is 10.9 Å². The molecule has 0 unspecified atom stereocenters. The van der Waals surface area contributed by atoms with Crippen LogP contribution in [0.4, 0.5) is 0 Å². The Morgan fingerprint density at radius 2 is 1.69 bits per heavy atom. The van der Waals surface area contributed by atoms with Crippen molar-refractivity contribution in [1.82, 2.24) is 9.55 Å². The normalized spacial score (nSPS) is 11.0.